The van der Waals surface area contributed by atoms with E-state index in [1.54, 1.807) is 12.1 Å². The molecule has 0 unspecified atom stereocenters. The first kappa shape index (κ1) is 18.9. The number of carbonyl (C=O) groups excluding carboxylic acids is 1. The minimum Gasteiger partial charge on any atom is -0.366 e. The van der Waals surface area contributed by atoms with E-state index >= 15 is 0 Å². The minimum absolute atomic E-state index is 0.404. The van der Waals surface area contributed by atoms with Crippen LogP contribution >= 0.6 is 0 Å². The molecule has 3 N–H and O–H groups in total. The number of primary amides is 1. The Bertz CT molecular complexity index is 765. The molecule has 1 saturated heterocycles. The predicted octanol–water partition coefficient (Wildman–Crippen LogP) is 1.68. The van der Waals surface area contributed by atoms with E-state index in [9.17, 15) is 4.79 Å². The van der Waals surface area contributed by atoms with Gasteiger partial charge in [0.2, 0.25) is 5.91 Å². The molecule has 0 aromatic heterocycles. The lowest BCUT2D eigenvalue weighted by molar-refractivity contribution is 0.100. The van der Waals surface area contributed by atoms with Crippen molar-refractivity contribution in [1.82, 2.24) is 15.1 Å². The molecular weight excluding hydrogens is 338 g/mol. The Balaban J connectivity index is 1.48. The summed E-state index contributed by atoms with van der Waals surface area (Å²) < 4.78 is 0. The number of rotatable bonds is 5. The van der Waals surface area contributed by atoms with Crippen molar-refractivity contribution in [2.24, 2.45) is 10.7 Å². The van der Waals surface area contributed by atoms with Crippen molar-refractivity contribution >= 4 is 11.9 Å². The number of hydrogen-bond acceptors (Lipinski definition) is 3. The Kier molecular flexibility index (Phi) is 6.44. The maximum absolute atomic E-state index is 11.1. The van der Waals surface area contributed by atoms with Gasteiger partial charge >= 0.3 is 0 Å². The third kappa shape index (κ3) is 5.31. The summed E-state index contributed by atoms with van der Waals surface area (Å²) >= 11 is 0. The van der Waals surface area contributed by atoms with Crippen molar-refractivity contribution in [3.8, 4) is 0 Å². The summed E-state index contributed by atoms with van der Waals surface area (Å²) in [6.45, 7) is 5.59. The van der Waals surface area contributed by atoms with E-state index in [4.69, 9.17) is 5.73 Å². The first-order chi connectivity index (χ1) is 13.2. The van der Waals surface area contributed by atoms with Crippen LogP contribution in [0.3, 0.4) is 0 Å². The molecule has 2 aromatic carbocycles. The summed E-state index contributed by atoms with van der Waals surface area (Å²) in [4.78, 5) is 20.3. The van der Waals surface area contributed by atoms with Gasteiger partial charge in [0.05, 0.1) is 0 Å². The molecule has 1 heterocycles. The van der Waals surface area contributed by atoms with Gasteiger partial charge in [-0.2, -0.15) is 0 Å². The number of amides is 1. The van der Waals surface area contributed by atoms with E-state index in [-0.39, 0.29) is 0 Å². The largest absolute Gasteiger partial charge is 0.366 e. The standard InChI is InChI=1S/C21H27N5O/c1-23-21(24-15-17-7-9-19(10-8-17)20(22)27)26-13-11-25(12-14-26)16-18-5-3-2-4-6-18/h2-10H,11-16H2,1H3,(H2,22,27)(H,23,24). The fourth-order valence-corrected chi connectivity index (χ4v) is 3.26. The summed E-state index contributed by atoms with van der Waals surface area (Å²) in [6.07, 6.45) is 0. The van der Waals surface area contributed by atoms with Crippen LogP contribution in [0.25, 0.3) is 0 Å². The Hall–Kier alpha value is -2.86. The average molecular weight is 365 g/mol. The fraction of sp³-hybridized carbons (Fsp3) is 0.333. The molecule has 6 nitrogen and oxygen atoms in total. The van der Waals surface area contributed by atoms with Gasteiger partial charge < -0.3 is 16.0 Å². The van der Waals surface area contributed by atoms with Crippen LogP contribution in [0.2, 0.25) is 0 Å². The van der Waals surface area contributed by atoms with Crippen molar-refractivity contribution in [3.63, 3.8) is 0 Å². The molecule has 0 aliphatic carbocycles. The molecule has 1 amide bonds. The lowest BCUT2D eigenvalue weighted by atomic mass is 10.1. The molecule has 0 atom stereocenters. The molecule has 0 radical (unpaired) electrons. The normalized spacial score (nSPS) is 15.6. The van der Waals surface area contributed by atoms with Gasteiger partial charge in [0.25, 0.3) is 0 Å². The van der Waals surface area contributed by atoms with Crippen molar-refractivity contribution in [3.05, 3.63) is 71.3 Å². The number of benzene rings is 2. The van der Waals surface area contributed by atoms with Gasteiger partial charge in [-0.3, -0.25) is 14.7 Å². The highest BCUT2D eigenvalue weighted by Gasteiger charge is 2.19. The first-order valence-corrected chi connectivity index (χ1v) is 9.26. The number of nitrogens with zero attached hydrogens (tertiary/aromatic N) is 3. The molecule has 0 bridgehead atoms. The van der Waals surface area contributed by atoms with Crippen LogP contribution in [0.15, 0.2) is 59.6 Å². The van der Waals surface area contributed by atoms with Crippen molar-refractivity contribution in [2.75, 3.05) is 33.2 Å². The van der Waals surface area contributed by atoms with Crippen LogP contribution in [-0.4, -0.2) is 54.9 Å². The van der Waals surface area contributed by atoms with Gasteiger partial charge in [0.1, 0.15) is 0 Å². The highest BCUT2D eigenvalue weighted by molar-refractivity contribution is 5.92. The third-order valence-electron chi connectivity index (χ3n) is 4.82. The number of carbonyl (C=O) groups is 1. The zero-order chi connectivity index (χ0) is 19.1. The zero-order valence-corrected chi connectivity index (χ0v) is 15.8. The lowest BCUT2D eigenvalue weighted by Gasteiger charge is -2.36. The van der Waals surface area contributed by atoms with E-state index in [0.717, 1.165) is 44.2 Å². The number of nitrogens with two attached hydrogens (primary N) is 1. The van der Waals surface area contributed by atoms with Crippen LogP contribution in [0, 0.1) is 0 Å². The Morgan fingerprint density at radius 1 is 1.00 bits per heavy atom. The van der Waals surface area contributed by atoms with Gasteiger partial charge in [0, 0.05) is 51.9 Å². The molecule has 6 heteroatoms. The Labute approximate surface area is 160 Å². The third-order valence-corrected chi connectivity index (χ3v) is 4.82. The molecule has 2 aromatic rings. The molecule has 0 saturated carbocycles. The number of nitrogens with one attached hydrogen (secondary N) is 1. The van der Waals surface area contributed by atoms with Crippen molar-refractivity contribution < 1.29 is 4.79 Å². The summed E-state index contributed by atoms with van der Waals surface area (Å²) in [5.74, 6) is 0.507. The Morgan fingerprint density at radius 2 is 1.67 bits per heavy atom. The van der Waals surface area contributed by atoms with Crippen LogP contribution in [0.1, 0.15) is 21.5 Å². The second kappa shape index (κ2) is 9.19. The van der Waals surface area contributed by atoms with Gasteiger partial charge in [-0.05, 0) is 23.3 Å². The molecule has 142 valence electrons. The summed E-state index contributed by atoms with van der Waals surface area (Å²) in [7, 11) is 1.81. The molecule has 3 rings (SSSR count). The van der Waals surface area contributed by atoms with Gasteiger partial charge in [0.15, 0.2) is 5.96 Å². The molecule has 1 aliphatic heterocycles. The molecular formula is C21H27N5O. The minimum atomic E-state index is -0.404. The summed E-state index contributed by atoms with van der Waals surface area (Å²) in [6, 6.07) is 17.9. The van der Waals surface area contributed by atoms with Gasteiger partial charge in [-0.15, -0.1) is 0 Å². The maximum atomic E-state index is 11.1. The Morgan fingerprint density at radius 3 is 2.26 bits per heavy atom. The lowest BCUT2D eigenvalue weighted by Crippen LogP contribution is -2.52. The number of piperazine rings is 1. The summed E-state index contributed by atoms with van der Waals surface area (Å²) in [5.41, 5.74) is 8.25. The zero-order valence-electron chi connectivity index (χ0n) is 15.8. The number of guanidine groups is 1. The second-order valence-corrected chi connectivity index (χ2v) is 6.71. The molecule has 1 fully saturated rings. The smallest absolute Gasteiger partial charge is 0.248 e. The highest BCUT2D eigenvalue weighted by atomic mass is 16.1. The summed E-state index contributed by atoms with van der Waals surface area (Å²) in [5, 5.41) is 3.41. The van der Waals surface area contributed by atoms with Crippen LogP contribution in [0.5, 0.6) is 0 Å². The van der Waals surface area contributed by atoms with Crippen molar-refractivity contribution in [1.29, 1.82) is 0 Å². The van der Waals surface area contributed by atoms with E-state index < -0.39 is 5.91 Å². The quantitative estimate of drug-likeness (QED) is 0.625. The number of hydrogen-bond donors (Lipinski definition) is 2. The van der Waals surface area contributed by atoms with E-state index in [0.29, 0.717) is 12.1 Å². The van der Waals surface area contributed by atoms with Crippen LogP contribution in [0.4, 0.5) is 0 Å². The van der Waals surface area contributed by atoms with Gasteiger partial charge in [-0.25, -0.2) is 0 Å². The van der Waals surface area contributed by atoms with Crippen LogP contribution in [-0.2, 0) is 13.1 Å². The van der Waals surface area contributed by atoms with E-state index in [1.165, 1.54) is 5.56 Å². The fourth-order valence-electron chi connectivity index (χ4n) is 3.26. The second-order valence-electron chi connectivity index (χ2n) is 6.71. The molecule has 0 spiro atoms. The van der Waals surface area contributed by atoms with E-state index in [2.05, 4.69) is 50.4 Å². The molecule has 27 heavy (non-hydrogen) atoms. The average Bonchev–Trinajstić information content (AvgIpc) is 2.71. The topological polar surface area (TPSA) is 74.0 Å². The van der Waals surface area contributed by atoms with Gasteiger partial charge in [-0.1, -0.05) is 42.5 Å². The van der Waals surface area contributed by atoms with E-state index in [1.807, 2.05) is 19.2 Å². The highest BCUT2D eigenvalue weighted by Crippen LogP contribution is 2.09. The van der Waals surface area contributed by atoms with Crippen molar-refractivity contribution in [2.45, 2.75) is 13.1 Å². The first-order valence-electron chi connectivity index (χ1n) is 9.26. The molecule has 1 aliphatic rings. The number of aliphatic imine (C=N–C) groups is 1. The SMILES string of the molecule is CN=C(NCc1ccc(C(N)=O)cc1)N1CCN(Cc2ccccc2)CC1. The van der Waals surface area contributed by atoms with Crippen LogP contribution < -0.4 is 11.1 Å². The predicted molar refractivity (Wildman–Crippen MR) is 108 cm³/mol. The monoisotopic (exact) mass is 365 g/mol. The maximum Gasteiger partial charge on any atom is 0.248 e.